The molecule has 17 heavy (non-hydrogen) atoms. The molecule has 90 valence electrons. The lowest BCUT2D eigenvalue weighted by Gasteiger charge is -2.12. The Morgan fingerprint density at radius 2 is 2.24 bits per heavy atom. The predicted molar refractivity (Wildman–Crippen MR) is 72.6 cm³/mol. The molecule has 1 aliphatic rings. The van der Waals surface area contributed by atoms with E-state index in [0.29, 0.717) is 6.04 Å². The number of halogens is 1. The highest BCUT2D eigenvalue weighted by Gasteiger charge is 2.20. The minimum absolute atomic E-state index is 0.505. The fraction of sp³-hybridized carbons (Fsp3) is 0.429. The van der Waals surface area contributed by atoms with Crippen molar-refractivity contribution in [2.75, 3.05) is 6.54 Å². The molecule has 1 N–H and O–H groups in total. The fourth-order valence-electron chi connectivity index (χ4n) is 2.91. The molecule has 0 saturated carbocycles. The zero-order chi connectivity index (χ0) is 12.0. The smallest absolute Gasteiger partial charge is 0.0525 e. The number of nitrogens with one attached hydrogen (secondary N) is 1. The average molecular weight is 249 g/mol. The second-order valence-corrected chi connectivity index (χ2v) is 5.29. The van der Waals surface area contributed by atoms with Crippen LogP contribution in [-0.2, 0) is 7.05 Å². The van der Waals surface area contributed by atoms with Crippen molar-refractivity contribution in [3.8, 4) is 0 Å². The van der Waals surface area contributed by atoms with Crippen LogP contribution in [-0.4, -0.2) is 11.1 Å². The molecule has 3 rings (SSSR count). The maximum atomic E-state index is 6.20. The van der Waals surface area contributed by atoms with E-state index < -0.39 is 0 Å². The van der Waals surface area contributed by atoms with Crippen molar-refractivity contribution >= 4 is 22.5 Å². The lowest BCUT2D eigenvalue weighted by atomic mass is 10.1. The Kier molecular flexibility index (Phi) is 2.64. The first kappa shape index (κ1) is 11.1. The number of nitrogens with zero attached hydrogens (tertiary/aromatic N) is 1. The Balaban J connectivity index is 2.21. The minimum Gasteiger partial charge on any atom is -0.346 e. The zero-order valence-electron chi connectivity index (χ0n) is 10.3. The standard InChI is InChI=1S/C14H17ClN2/c1-9-11(15)6-5-10-8-13(17(2)14(9)10)12-4-3-7-16-12/h5-6,8,12,16H,3-4,7H2,1-2H3. The third-order valence-corrected chi connectivity index (χ3v) is 4.25. The van der Waals surface area contributed by atoms with E-state index in [9.17, 15) is 0 Å². The first-order valence-electron chi connectivity index (χ1n) is 6.16. The minimum atomic E-state index is 0.505. The first-order chi connectivity index (χ1) is 8.18. The molecule has 0 spiro atoms. The molecule has 1 unspecified atom stereocenters. The van der Waals surface area contributed by atoms with E-state index in [1.807, 2.05) is 6.07 Å². The molecule has 1 aromatic carbocycles. The quantitative estimate of drug-likeness (QED) is 0.817. The Morgan fingerprint density at radius 3 is 2.94 bits per heavy atom. The second kappa shape index (κ2) is 4.04. The van der Waals surface area contributed by atoms with Crippen LogP contribution in [0.2, 0.25) is 5.02 Å². The molecule has 0 amide bonds. The molecule has 0 bridgehead atoms. The van der Waals surface area contributed by atoms with Gasteiger partial charge in [0, 0.05) is 29.2 Å². The van der Waals surface area contributed by atoms with Gasteiger partial charge in [0.1, 0.15) is 0 Å². The van der Waals surface area contributed by atoms with Gasteiger partial charge in [0.15, 0.2) is 0 Å². The van der Waals surface area contributed by atoms with Crippen LogP contribution < -0.4 is 5.32 Å². The summed E-state index contributed by atoms with van der Waals surface area (Å²) in [5.41, 5.74) is 3.82. The molecule has 1 saturated heterocycles. The van der Waals surface area contributed by atoms with Gasteiger partial charge in [-0.1, -0.05) is 17.7 Å². The van der Waals surface area contributed by atoms with Gasteiger partial charge in [-0.05, 0) is 44.0 Å². The van der Waals surface area contributed by atoms with Gasteiger partial charge in [0.2, 0.25) is 0 Å². The van der Waals surface area contributed by atoms with Crippen molar-refractivity contribution in [2.45, 2.75) is 25.8 Å². The third-order valence-electron chi connectivity index (χ3n) is 3.84. The maximum absolute atomic E-state index is 6.20. The summed E-state index contributed by atoms with van der Waals surface area (Å²) < 4.78 is 2.29. The van der Waals surface area contributed by atoms with Crippen LogP contribution >= 0.6 is 11.6 Å². The topological polar surface area (TPSA) is 17.0 Å². The molecular formula is C14H17ClN2. The van der Waals surface area contributed by atoms with Crippen molar-refractivity contribution in [3.05, 3.63) is 34.5 Å². The monoisotopic (exact) mass is 248 g/mol. The van der Waals surface area contributed by atoms with Crippen molar-refractivity contribution in [1.29, 1.82) is 0 Å². The summed E-state index contributed by atoms with van der Waals surface area (Å²) in [5, 5.41) is 5.70. The number of aryl methyl sites for hydroxylation is 2. The summed E-state index contributed by atoms with van der Waals surface area (Å²) in [6, 6.07) is 6.90. The predicted octanol–water partition coefficient (Wildman–Crippen LogP) is 3.56. The van der Waals surface area contributed by atoms with E-state index in [1.165, 1.54) is 35.0 Å². The van der Waals surface area contributed by atoms with E-state index >= 15 is 0 Å². The molecule has 0 aliphatic carbocycles. The van der Waals surface area contributed by atoms with Crippen LogP contribution in [0.5, 0.6) is 0 Å². The van der Waals surface area contributed by atoms with Crippen LogP contribution in [0.3, 0.4) is 0 Å². The summed E-state index contributed by atoms with van der Waals surface area (Å²) in [5.74, 6) is 0. The van der Waals surface area contributed by atoms with Gasteiger partial charge in [-0.25, -0.2) is 0 Å². The van der Waals surface area contributed by atoms with Gasteiger partial charge in [-0.2, -0.15) is 0 Å². The van der Waals surface area contributed by atoms with Gasteiger partial charge in [0.25, 0.3) is 0 Å². The fourth-order valence-corrected chi connectivity index (χ4v) is 3.07. The third kappa shape index (κ3) is 1.67. The molecule has 1 atom stereocenters. The Bertz CT molecular complexity index is 565. The van der Waals surface area contributed by atoms with Gasteiger partial charge in [-0.15, -0.1) is 0 Å². The molecule has 3 heteroatoms. The van der Waals surface area contributed by atoms with E-state index in [2.05, 4.69) is 36.0 Å². The molecule has 2 nitrogen and oxygen atoms in total. The molecule has 0 radical (unpaired) electrons. The average Bonchev–Trinajstić information content (AvgIpc) is 2.91. The molecular weight excluding hydrogens is 232 g/mol. The highest BCUT2D eigenvalue weighted by atomic mass is 35.5. The van der Waals surface area contributed by atoms with E-state index in [1.54, 1.807) is 0 Å². The molecule has 1 aliphatic heterocycles. The second-order valence-electron chi connectivity index (χ2n) is 4.89. The van der Waals surface area contributed by atoms with E-state index in [0.717, 1.165) is 11.6 Å². The number of rotatable bonds is 1. The summed E-state index contributed by atoms with van der Waals surface area (Å²) in [7, 11) is 2.14. The van der Waals surface area contributed by atoms with Crippen LogP contribution in [0.4, 0.5) is 0 Å². The summed E-state index contributed by atoms with van der Waals surface area (Å²) >= 11 is 6.20. The van der Waals surface area contributed by atoms with E-state index in [-0.39, 0.29) is 0 Å². The Hall–Kier alpha value is -0.990. The van der Waals surface area contributed by atoms with Crippen LogP contribution in [0, 0.1) is 6.92 Å². The van der Waals surface area contributed by atoms with E-state index in [4.69, 9.17) is 11.6 Å². The molecule has 2 aromatic rings. The first-order valence-corrected chi connectivity index (χ1v) is 6.54. The van der Waals surface area contributed by atoms with Crippen molar-refractivity contribution in [2.24, 2.45) is 7.05 Å². The Morgan fingerprint density at radius 1 is 1.41 bits per heavy atom. The highest BCUT2D eigenvalue weighted by molar-refractivity contribution is 6.32. The summed E-state index contributed by atoms with van der Waals surface area (Å²) in [6.45, 7) is 3.22. The van der Waals surface area contributed by atoms with Gasteiger partial charge in [0.05, 0.1) is 5.52 Å². The highest BCUT2D eigenvalue weighted by Crippen LogP contribution is 2.32. The lowest BCUT2D eigenvalue weighted by molar-refractivity contribution is 0.604. The number of aromatic nitrogens is 1. The van der Waals surface area contributed by atoms with Crippen molar-refractivity contribution in [1.82, 2.24) is 9.88 Å². The summed E-state index contributed by atoms with van der Waals surface area (Å²) in [4.78, 5) is 0. The van der Waals surface area contributed by atoms with Gasteiger partial charge >= 0.3 is 0 Å². The number of fused-ring (bicyclic) bond motifs is 1. The van der Waals surface area contributed by atoms with Crippen LogP contribution in [0.25, 0.3) is 10.9 Å². The van der Waals surface area contributed by atoms with Crippen molar-refractivity contribution < 1.29 is 0 Å². The number of hydrogen-bond acceptors (Lipinski definition) is 1. The normalized spacial score (nSPS) is 20.3. The summed E-state index contributed by atoms with van der Waals surface area (Å²) in [6.07, 6.45) is 2.50. The molecule has 1 aromatic heterocycles. The maximum Gasteiger partial charge on any atom is 0.0525 e. The SMILES string of the molecule is Cc1c(Cl)ccc2cc(C3CCCN3)n(C)c12. The van der Waals surface area contributed by atoms with Crippen LogP contribution in [0.1, 0.15) is 30.1 Å². The number of hydrogen-bond donors (Lipinski definition) is 1. The van der Waals surface area contributed by atoms with Gasteiger partial charge < -0.3 is 9.88 Å². The van der Waals surface area contributed by atoms with Gasteiger partial charge in [-0.3, -0.25) is 0 Å². The zero-order valence-corrected chi connectivity index (χ0v) is 11.0. The molecule has 1 fully saturated rings. The Labute approximate surface area is 107 Å². The number of benzene rings is 1. The van der Waals surface area contributed by atoms with Crippen molar-refractivity contribution in [3.63, 3.8) is 0 Å². The lowest BCUT2D eigenvalue weighted by Crippen LogP contribution is -2.15. The molecule has 2 heterocycles. The van der Waals surface area contributed by atoms with Crippen LogP contribution in [0.15, 0.2) is 18.2 Å². The largest absolute Gasteiger partial charge is 0.346 e.